The summed E-state index contributed by atoms with van der Waals surface area (Å²) < 4.78 is 25.0. The van der Waals surface area contributed by atoms with E-state index < -0.39 is 9.84 Å². The topological polar surface area (TPSA) is 88.4 Å². The summed E-state index contributed by atoms with van der Waals surface area (Å²) in [5.74, 6) is 0.261. The van der Waals surface area contributed by atoms with E-state index in [4.69, 9.17) is 23.8 Å². The average molecular weight is 418 g/mol. The van der Waals surface area contributed by atoms with Crippen LogP contribution in [0, 0.1) is 6.92 Å². The second-order valence-corrected chi connectivity index (χ2v) is 9.96. The molecule has 1 saturated heterocycles. The highest BCUT2D eigenvalue weighted by Crippen LogP contribution is 2.29. The summed E-state index contributed by atoms with van der Waals surface area (Å²) in [7, 11) is -3.00. The second kappa shape index (κ2) is 8.22. The average Bonchev–Trinajstić information content (AvgIpc) is 3.09. The van der Waals surface area contributed by atoms with E-state index in [1.165, 1.54) is 19.3 Å². The fourth-order valence-corrected chi connectivity index (χ4v) is 5.78. The number of sulfone groups is 1. The van der Waals surface area contributed by atoms with E-state index in [-0.39, 0.29) is 17.5 Å². The van der Waals surface area contributed by atoms with Crippen LogP contribution in [0.5, 0.6) is 0 Å². The molecule has 1 aliphatic carbocycles. The quantitative estimate of drug-likeness (QED) is 0.444. The number of hydrogen-bond acceptors (Lipinski definition) is 5. The first-order valence-corrected chi connectivity index (χ1v) is 11.5. The molecule has 2 N–H and O–H groups in total. The lowest BCUT2D eigenvalue weighted by molar-refractivity contribution is 0.412. The van der Waals surface area contributed by atoms with Crippen molar-refractivity contribution in [2.45, 2.75) is 57.5 Å². The first-order valence-electron chi connectivity index (χ1n) is 8.90. The summed E-state index contributed by atoms with van der Waals surface area (Å²) in [4.78, 5) is 0. The Hall–Kier alpha value is -1.19. The van der Waals surface area contributed by atoms with Crippen molar-refractivity contribution in [2.24, 2.45) is 5.10 Å². The second-order valence-electron chi connectivity index (χ2n) is 6.97. The van der Waals surface area contributed by atoms with Gasteiger partial charge in [-0.05, 0) is 38.4 Å². The van der Waals surface area contributed by atoms with Crippen LogP contribution >= 0.6 is 23.8 Å². The van der Waals surface area contributed by atoms with Crippen molar-refractivity contribution in [1.82, 2.24) is 20.5 Å². The lowest BCUT2D eigenvalue weighted by Gasteiger charge is -2.23. The number of rotatable bonds is 4. The van der Waals surface area contributed by atoms with Crippen LogP contribution in [0.2, 0.25) is 5.15 Å². The van der Waals surface area contributed by atoms with Crippen LogP contribution in [-0.4, -0.2) is 47.1 Å². The van der Waals surface area contributed by atoms with Gasteiger partial charge < -0.3 is 5.32 Å². The van der Waals surface area contributed by atoms with Gasteiger partial charge in [0.25, 0.3) is 0 Å². The summed E-state index contributed by atoms with van der Waals surface area (Å²) in [5, 5.41) is 12.7. The number of thiocarbonyl (C=S) groups is 1. The van der Waals surface area contributed by atoms with Gasteiger partial charge in [-0.2, -0.15) is 10.2 Å². The van der Waals surface area contributed by atoms with Gasteiger partial charge in [0, 0.05) is 6.04 Å². The third kappa shape index (κ3) is 4.75. The van der Waals surface area contributed by atoms with Gasteiger partial charge in [-0.3, -0.25) is 5.43 Å². The van der Waals surface area contributed by atoms with Gasteiger partial charge in [-0.1, -0.05) is 30.9 Å². The Bertz CT molecular complexity index is 800. The molecule has 144 valence electrons. The molecule has 0 unspecified atom stereocenters. The molecule has 1 atom stereocenters. The Kier molecular flexibility index (Phi) is 6.19. The zero-order chi connectivity index (χ0) is 18.7. The van der Waals surface area contributed by atoms with Crippen molar-refractivity contribution in [3.63, 3.8) is 0 Å². The number of halogens is 1. The largest absolute Gasteiger partial charge is 0.359 e. The molecule has 0 aromatic carbocycles. The minimum atomic E-state index is -3.00. The number of nitrogens with one attached hydrogen (secondary N) is 2. The van der Waals surface area contributed by atoms with Crippen LogP contribution in [-0.2, 0) is 9.84 Å². The molecule has 3 rings (SSSR count). The van der Waals surface area contributed by atoms with E-state index in [2.05, 4.69) is 20.9 Å². The van der Waals surface area contributed by atoms with Gasteiger partial charge in [-0.25, -0.2) is 13.1 Å². The molecule has 7 nitrogen and oxygen atoms in total. The minimum Gasteiger partial charge on any atom is -0.359 e. The number of aromatic nitrogens is 2. The van der Waals surface area contributed by atoms with Crippen molar-refractivity contribution < 1.29 is 8.42 Å². The molecular weight excluding hydrogens is 394 g/mol. The number of hydrazone groups is 1. The molecule has 0 radical (unpaired) electrons. The zero-order valence-corrected chi connectivity index (χ0v) is 17.1. The first kappa shape index (κ1) is 19.6. The fourth-order valence-electron chi connectivity index (χ4n) is 3.51. The van der Waals surface area contributed by atoms with Gasteiger partial charge in [0.2, 0.25) is 0 Å². The Morgan fingerprint density at radius 1 is 1.35 bits per heavy atom. The Balaban J connectivity index is 1.60. The molecule has 1 aromatic rings. The third-order valence-electron chi connectivity index (χ3n) is 4.93. The molecule has 1 saturated carbocycles. The third-order valence-corrected chi connectivity index (χ3v) is 7.26. The van der Waals surface area contributed by atoms with Crippen LogP contribution in [0.1, 0.15) is 55.8 Å². The molecule has 1 aromatic heterocycles. The van der Waals surface area contributed by atoms with Gasteiger partial charge in [0.15, 0.2) is 14.9 Å². The number of nitrogens with zero attached hydrogens (tertiary/aromatic N) is 3. The Morgan fingerprint density at radius 2 is 2.08 bits per heavy atom. The van der Waals surface area contributed by atoms with Crippen molar-refractivity contribution in [2.75, 3.05) is 11.5 Å². The molecule has 0 amide bonds. The lowest BCUT2D eigenvalue weighted by atomic mass is 9.96. The minimum absolute atomic E-state index is 0.0814. The van der Waals surface area contributed by atoms with Crippen LogP contribution in [0.3, 0.4) is 0 Å². The summed E-state index contributed by atoms with van der Waals surface area (Å²) in [6.07, 6.45) is 8.14. The lowest BCUT2D eigenvalue weighted by Crippen LogP contribution is -2.40. The van der Waals surface area contributed by atoms with Gasteiger partial charge in [-0.15, -0.1) is 0 Å². The van der Waals surface area contributed by atoms with Crippen LogP contribution < -0.4 is 10.7 Å². The monoisotopic (exact) mass is 417 g/mol. The molecule has 0 bridgehead atoms. The van der Waals surface area contributed by atoms with E-state index in [9.17, 15) is 8.42 Å². The smallest absolute Gasteiger partial charge is 0.187 e. The Labute approximate surface area is 164 Å². The number of aryl methyl sites for hydroxylation is 1. The van der Waals surface area contributed by atoms with Crippen molar-refractivity contribution in [3.05, 3.63) is 16.4 Å². The fraction of sp³-hybridized carbons (Fsp3) is 0.688. The maximum atomic E-state index is 11.7. The highest BCUT2D eigenvalue weighted by Gasteiger charge is 2.31. The van der Waals surface area contributed by atoms with Crippen molar-refractivity contribution in [1.29, 1.82) is 0 Å². The van der Waals surface area contributed by atoms with Gasteiger partial charge >= 0.3 is 0 Å². The molecule has 0 spiro atoms. The highest BCUT2D eigenvalue weighted by atomic mass is 35.5. The Morgan fingerprint density at radius 3 is 2.73 bits per heavy atom. The molecule has 2 aliphatic rings. The van der Waals surface area contributed by atoms with E-state index in [0.717, 1.165) is 12.8 Å². The molecule has 2 heterocycles. The summed E-state index contributed by atoms with van der Waals surface area (Å²) >= 11 is 11.7. The van der Waals surface area contributed by atoms with Gasteiger partial charge in [0.05, 0.1) is 35.0 Å². The summed E-state index contributed by atoms with van der Waals surface area (Å²) in [6, 6.07) is 0.201. The predicted molar refractivity (Wildman–Crippen MR) is 108 cm³/mol. The maximum Gasteiger partial charge on any atom is 0.187 e. The molecule has 1 aliphatic heterocycles. The van der Waals surface area contributed by atoms with Crippen molar-refractivity contribution >= 4 is 45.0 Å². The standard InChI is InChI=1S/C16H24ClN5O2S2/c1-11-14(9-18-20-16(25)19-12-5-3-2-4-6-12)15(17)22(21-11)13-7-8-26(23,24)10-13/h9,12-13H,2-8,10H2,1H3,(H2,19,20,25)/b18-9-/t13-/m1/s1. The molecule has 10 heteroatoms. The predicted octanol–water partition coefficient (Wildman–Crippen LogP) is 2.34. The van der Waals surface area contributed by atoms with Crippen LogP contribution in [0.25, 0.3) is 0 Å². The molecular formula is C16H24ClN5O2S2. The van der Waals surface area contributed by atoms with Crippen LogP contribution in [0.4, 0.5) is 0 Å². The molecule has 2 fully saturated rings. The number of hydrogen-bond donors (Lipinski definition) is 2. The van der Waals surface area contributed by atoms with E-state index >= 15 is 0 Å². The van der Waals surface area contributed by atoms with E-state index in [1.807, 2.05) is 6.92 Å². The first-order chi connectivity index (χ1) is 12.4. The summed E-state index contributed by atoms with van der Waals surface area (Å²) in [6.45, 7) is 1.83. The van der Waals surface area contributed by atoms with Crippen LogP contribution in [0.15, 0.2) is 5.10 Å². The normalized spacial score (nSPS) is 23.4. The molecule has 26 heavy (non-hydrogen) atoms. The van der Waals surface area contributed by atoms with E-state index in [1.54, 1.807) is 10.9 Å². The maximum absolute atomic E-state index is 11.7. The van der Waals surface area contributed by atoms with Crippen molar-refractivity contribution in [3.8, 4) is 0 Å². The summed E-state index contributed by atoms with van der Waals surface area (Å²) in [5.41, 5.74) is 4.20. The highest BCUT2D eigenvalue weighted by molar-refractivity contribution is 7.91. The SMILES string of the molecule is Cc1nn([C@@H]2CCS(=O)(=O)C2)c(Cl)c1/C=N\NC(=S)NC1CCCCC1. The van der Waals surface area contributed by atoms with E-state index in [0.29, 0.717) is 34.0 Å². The van der Waals surface area contributed by atoms with Gasteiger partial charge in [0.1, 0.15) is 5.15 Å². The zero-order valence-electron chi connectivity index (χ0n) is 14.7.